The predicted molar refractivity (Wildman–Crippen MR) is 94.5 cm³/mol. The van der Waals surface area contributed by atoms with Crippen LogP contribution in [0.5, 0.6) is 0 Å². The molecule has 3 heterocycles. The van der Waals surface area contributed by atoms with E-state index in [-0.39, 0.29) is 0 Å². The molecule has 27 heavy (non-hydrogen) atoms. The Morgan fingerprint density at radius 2 is 0.815 bits per heavy atom. The highest BCUT2D eigenvalue weighted by Crippen LogP contribution is 2.31. The zero-order valence-corrected chi connectivity index (χ0v) is 15.3. The van der Waals surface area contributed by atoms with Gasteiger partial charge in [0.1, 0.15) is 0 Å². The molecule has 0 spiro atoms. The second-order valence-corrected chi connectivity index (χ2v) is 5.86. The van der Waals surface area contributed by atoms with Crippen LogP contribution in [-0.4, -0.2) is 30.6 Å². The van der Waals surface area contributed by atoms with Gasteiger partial charge in [0.05, 0.1) is 0 Å². The van der Waals surface area contributed by atoms with Crippen LogP contribution >= 0.6 is 0 Å². The summed E-state index contributed by atoms with van der Waals surface area (Å²) in [5.74, 6) is 2.90. The average Bonchev–Trinajstić information content (AvgIpc) is 3.47. The maximum Gasteiger partial charge on any atom is 0.247 e. The molecule has 0 fully saturated rings. The predicted octanol–water partition coefficient (Wildman–Crippen LogP) is 3.52. The summed E-state index contributed by atoms with van der Waals surface area (Å²) in [4.78, 5) is 0. The summed E-state index contributed by atoms with van der Waals surface area (Å²) in [5.41, 5.74) is 2.13. The van der Waals surface area contributed by atoms with Gasteiger partial charge in [0, 0.05) is 36.0 Å². The Bertz CT molecular complexity index is 919. The molecule has 4 rings (SSSR count). The Morgan fingerprint density at radius 1 is 0.519 bits per heavy atom. The van der Waals surface area contributed by atoms with E-state index in [2.05, 4.69) is 30.6 Å². The third-order valence-corrected chi connectivity index (χ3v) is 3.98. The topological polar surface area (TPSA) is 117 Å². The van der Waals surface area contributed by atoms with Crippen molar-refractivity contribution in [1.82, 2.24) is 30.6 Å². The zero-order valence-electron chi connectivity index (χ0n) is 15.3. The number of benzene rings is 1. The lowest BCUT2D eigenvalue weighted by atomic mass is 10.1. The van der Waals surface area contributed by atoms with E-state index in [4.69, 9.17) is 13.3 Å². The van der Waals surface area contributed by atoms with E-state index in [1.807, 2.05) is 39.0 Å². The van der Waals surface area contributed by atoms with Crippen LogP contribution in [0.3, 0.4) is 0 Å². The van der Waals surface area contributed by atoms with Crippen molar-refractivity contribution in [3.63, 3.8) is 0 Å². The molecule has 0 aliphatic heterocycles. The molecule has 0 atom stereocenters. The monoisotopic (exact) mass is 366 g/mol. The molecule has 0 N–H and O–H groups in total. The molecule has 0 saturated heterocycles. The van der Waals surface area contributed by atoms with E-state index < -0.39 is 0 Å². The fourth-order valence-corrected chi connectivity index (χ4v) is 2.54. The molecule has 3 aromatic heterocycles. The lowest BCUT2D eigenvalue weighted by Crippen LogP contribution is -1.87. The smallest absolute Gasteiger partial charge is 0.247 e. The van der Waals surface area contributed by atoms with Gasteiger partial charge in [0.2, 0.25) is 35.3 Å². The number of hydrogen-bond acceptors (Lipinski definition) is 9. The van der Waals surface area contributed by atoms with Crippen LogP contribution in [0.4, 0.5) is 0 Å². The molecule has 9 heteroatoms. The first kappa shape index (κ1) is 17.1. The minimum Gasteiger partial charge on any atom is -0.421 e. The standard InChI is InChI=1S/C18H18N6O3/c1-4-13-19-22-16(25-13)10-7-11(17-23-20-14(5-2)26-17)9-12(8-10)18-24-21-15(6-3)27-18/h7-9H,4-6H2,1-3H3. The van der Waals surface area contributed by atoms with Gasteiger partial charge in [-0.2, -0.15) is 0 Å². The number of aryl methyl sites for hydroxylation is 3. The second-order valence-electron chi connectivity index (χ2n) is 5.86. The molecule has 0 radical (unpaired) electrons. The van der Waals surface area contributed by atoms with Crippen LogP contribution in [0, 0.1) is 0 Å². The summed E-state index contributed by atoms with van der Waals surface area (Å²) in [6.07, 6.45) is 1.98. The van der Waals surface area contributed by atoms with Crippen molar-refractivity contribution < 1.29 is 13.3 Å². The third kappa shape index (κ3) is 3.35. The lowest BCUT2D eigenvalue weighted by molar-refractivity contribution is 0.510. The van der Waals surface area contributed by atoms with Gasteiger partial charge in [-0.25, -0.2) is 0 Å². The van der Waals surface area contributed by atoms with Gasteiger partial charge in [-0.1, -0.05) is 20.8 Å². The Morgan fingerprint density at radius 3 is 1.04 bits per heavy atom. The normalized spacial score (nSPS) is 11.2. The summed E-state index contributed by atoms with van der Waals surface area (Å²) in [6, 6.07) is 5.58. The van der Waals surface area contributed by atoms with Gasteiger partial charge in [-0.15, -0.1) is 30.6 Å². The molecule has 0 aliphatic rings. The third-order valence-electron chi connectivity index (χ3n) is 3.98. The molecule has 9 nitrogen and oxygen atoms in total. The summed E-state index contributed by atoms with van der Waals surface area (Å²) in [7, 11) is 0. The first-order valence-corrected chi connectivity index (χ1v) is 8.83. The van der Waals surface area contributed by atoms with Crippen LogP contribution < -0.4 is 0 Å². The molecule has 0 amide bonds. The molecule has 4 aromatic rings. The van der Waals surface area contributed by atoms with E-state index >= 15 is 0 Å². The van der Waals surface area contributed by atoms with Crippen molar-refractivity contribution in [1.29, 1.82) is 0 Å². The number of aromatic nitrogens is 6. The molecule has 0 aliphatic carbocycles. The number of nitrogens with zero attached hydrogens (tertiary/aromatic N) is 6. The maximum absolute atomic E-state index is 5.70. The van der Waals surface area contributed by atoms with Crippen molar-refractivity contribution in [2.24, 2.45) is 0 Å². The van der Waals surface area contributed by atoms with E-state index in [9.17, 15) is 0 Å². The first-order chi connectivity index (χ1) is 13.2. The van der Waals surface area contributed by atoms with E-state index in [1.54, 1.807) is 0 Å². The fourth-order valence-electron chi connectivity index (χ4n) is 2.54. The minimum atomic E-state index is 0.403. The van der Waals surface area contributed by atoms with Crippen molar-refractivity contribution in [3.8, 4) is 34.4 Å². The van der Waals surface area contributed by atoms with Crippen LogP contribution in [0.1, 0.15) is 38.4 Å². The van der Waals surface area contributed by atoms with Crippen LogP contribution in [0.2, 0.25) is 0 Å². The maximum atomic E-state index is 5.70. The Hall–Kier alpha value is -3.36. The minimum absolute atomic E-state index is 0.403. The highest BCUT2D eigenvalue weighted by molar-refractivity contribution is 5.73. The zero-order chi connectivity index (χ0) is 18.8. The summed E-state index contributed by atoms with van der Waals surface area (Å²) >= 11 is 0. The average molecular weight is 366 g/mol. The van der Waals surface area contributed by atoms with Gasteiger partial charge in [0.15, 0.2) is 0 Å². The van der Waals surface area contributed by atoms with Crippen LogP contribution in [0.15, 0.2) is 31.5 Å². The molecule has 1 aromatic carbocycles. The van der Waals surface area contributed by atoms with Crippen molar-refractivity contribution >= 4 is 0 Å². The molecule has 0 saturated carbocycles. The van der Waals surface area contributed by atoms with Crippen LogP contribution in [-0.2, 0) is 19.3 Å². The Labute approximate surface area is 154 Å². The van der Waals surface area contributed by atoms with Crippen LogP contribution in [0.25, 0.3) is 34.4 Å². The molecule has 138 valence electrons. The number of rotatable bonds is 6. The van der Waals surface area contributed by atoms with Crippen molar-refractivity contribution in [3.05, 3.63) is 35.9 Å². The SMILES string of the molecule is CCc1nnc(-c2cc(-c3nnc(CC)o3)cc(-c3nnc(CC)o3)c2)o1. The van der Waals surface area contributed by atoms with Crippen molar-refractivity contribution in [2.45, 2.75) is 40.0 Å². The molecular formula is C18H18N6O3. The largest absolute Gasteiger partial charge is 0.421 e. The quantitative estimate of drug-likeness (QED) is 0.505. The van der Waals surface area contributed by atoms with Gasteiger partial charge in [-0.05, 0) is 18.2 Å². The van der Waals surface area contributed by atoms with Gasteiger partial charge >= 0.3 is 0 Å². The summed E-state index contributed by atoms with van der Waals surface area (Å²) < 4.78 is 17.1. The fraction of sp³-hybridized carbons (Fsp3) is 0.333. The Kier molecular flexibility index (Phi) is 4.49. The van der Waals surface area contributed by atoms with Crippen molar-refractivity contribution in [2.75, 3.05) is 0 Å². The number of hydrogen-bond donors (Lipinski definition) is 0. The Balaban J connectivity index is 1.84. The molecule has 0 unspecified atom stereocenters. The lowest BCUT2D eigenvalue weighted by Gasteiger charge is -2.03. The molecular weight excluding hydrogens is 348 g/mol. The highest BCUT2D eigenvalue weighted by Gasteiger charge is 2.17. The van der Waals surface area contributed by atoms with E-state index in [1.165, 1.54) is 0 Å². The first-order valence-electron chi connectivity index (χ1n) is 8.83. The summed E-state index contributed by atoms with van der Waals surface area (Å²) in [6.45, 7) is 5.86. The van der Waals surface area contributed by atoms with Gasteiger partial charge in [-0.3, -0.25) is 0 Å². The van der Waals surface area contributed by atoms with Gasteiger partial charge < -0.3 is 13.3 Å². The highest BCUT2D eigenvalue weighted by atomic mass is 16.4. The van der Waals surface area contributed by atoms with Gasteiger partial charge in [0.25, 0.3) is 0 Å². The second kappa shape index (κ2) is 7.10. The van der Waals surface area contributed by atoms with E-state index in [0.29, 0.717) is 71.3 Å². The molecule has 0 bridgehead atoms. The van der Waals surface area contributed by atoms with E-state index in [0.717, 1.165) is 0 Å². The summed E-state index contributed by atoms with van der Waals surface area (Å²) in [5, 5.41) is 24.5.